The maximum absolute atomic E-state index is 12.8. The Labute approximate surface area is 230 Å². The molecule has 0 saturated carbocycles. The van der Waals surface area contributed by atoms with Crippen LogP contribution in [0.3, 0.4) is 0 Å². The molecule has 0 aliphatic carbocycles. The third kappa shape index (κ3) is 5.25. The quantitative estimate of drug-likeness (QED) is 0.194. The molecule has 2 heterocycles. The lowest BCUT2D eigenvalue weighted by atomic mass is 10.2. The highest BCUT2D eigenvalue weighted by Gasteiger charge is 2.22. The average molecular weight is 538 g/mol. The molecule has 0 spiro atoms. The van der Waals surface area contributed by atoms with Crippen LogP contribution in [-0.4, -0.2) is 55.4 Å². The number of para-hydroxylation sites is 1. The monoisotopic (exact) mass is 537 g/mol. The Morgan fingerprint density at radius 1 is 0.975 bits per heavy atom. The van der Waals surface area contributed by atoms with Crippen molar-refractivity contribution in [3.63, 3.8) is 0 Å². The van der Waals surface area contributed by atoms with Crippen LogP contribution in [0, 0.1) is 12.3 Å². The fourth-order valence-corrected chi connectivity index (χ4v) is 4.08. The van der Waals surface area contributed by atoms with Gasteiger partial charge in [-0.15, -0.1) is 0 Å². The summed E-state index contributed by atoms with van der Waals surface area (Å²) in [4.78, 5) is 28.0. The Morgan fingerprint density at radius 2 is 1.70 bits per heavy atom. The lowest BCUT2D eigenvalue weighted by Crippen LogP contribution is -2.22. The van der Waals surface area contributed by atoms with Gasteiger partial charge in [-0.3, -0.25) is 10.2 Å². The number of hydrogen-bond donors (Lipinski definition) is 3. The number of amides is 1. The third-order valence-corrected chi connectivity index (χ3v) is 6.12. The fourth-order valence-electron chi connectivity index (χ4n) is 4.08. The number of ether oxygens (including phenoxy) is 2. The van der Waals surface area contributed by atoms with Gasteiger partial charge in [0.15, 0.2) is 22.7 Å². The number of hydrogen-bond acceptors (Lipinski definition) is 8. The Bertz CT molecular complexity index is 1730. The molecule has 0 radical (unpaired) electrons. The van der Waals surface area contributed by atoms with Crippen molar-refractivity contribution in [3.05, 3.63) is 95.3 Å². The van der Waals surface area contributed by atoms with E-state index < -0.39 is 0 Å². The second-order valence-electron chi connectivity index (χ2n) is 9.21. The first kappa shape index (κ1) is 26.2. The van der Waals surface area contributed by atoms with E-state index >= 15 is 0 Å². The molecule has 1 amide bonds. The summed E-state index contributed by atoms with van der Waals surface area (Å²) in [6, 6.07) is 20.9. The number of amidine groups is 1. The normalized spacial score (nSPS) is 10.9. The zero-order valence-corrected chi connectivity index (χ0v) is 22.1. The first-order chi connectivity index (χ1) is 19.2. The van der Waals surface area contributed by atoms with Gasteiger partial charge < -0.3 is 29.8 Å². The molecule has 0 aliphatic heterocycles. The Balaban J connectivity index is 1.65. The van der Waals surface area contributed by atoms with E-state index in [4.69, 9.17) is 20.6 Å². The van der Waals surface area contributed by atoms with Crippen molar-refractivity contribution in [2.24, 2.45) is 5.73 Å². The van der Waals surface area contributed by atoms with E-state index in [0.717, 1.165) is 5.56 Å². The van der Waals surface area contributed by atoms with Crippen LogP contribution in [0.4, 0.5) is 0 Å². The molecular formula is C29H27N7O4. The minimum absolute atomic E-state index is 0.0160. The van der Waals surface area contributed by atoms with Crippen molar-refractivity contribution in [1.82, 2.24) is 24.4 Å². The number of aromatic nitrogens is 4. The molecule has 2 aromatic heterocycles. The van der Waals surface area contributed by atoms with Crippen LogP contribution >= 0.6 is 0 Å². The smallest absolute Gasteiger partial charge is 0.327 e. The predicted molar refractivity (Wildman–Crippen MR) is 149 cm³/mol. The second-order valence-corrected chi connectivity index (χ2v) is 9.21. The van der Waals surface area contributed by atoms with E-state index in [2.05, 4.69) is 15.0 Å². The minimum atomic E-state index is -0.246. The summed E-state index contributed by atoms with van der Waals surface area (Å²) < 4.78 is 14.0. The third-order valence-electron chi connectivity index (χ3n) is 6.12. The number of carbonyl (C=O) groups excluding carboxylic acids is 1. The predicted octanol–water partition coefficient (Wildman–Crippen LogP) is 4.46. The standard InChI is InChI=1S/C29H27N7O4/c1-17-32-24-26(36(17)16-18-9-5-4-6-10-18)33-29(40-22-12-8-7-11-20(22)28(38)35(2)3)34-27(24)39-23-15-19(25(30)31)13-14-21(23)37/h4-15,37H,16H2,1-3H3,(H3,30,31). The van der Waals surface area contributed by atoms with Crippen molar-refractivity contribution in [2.75, 3.05) is 14.1 Å². The van der Waals surface area contributed by atoms with E-state index in [1.54, 1.807) is 38.4 Å². The maximum atomic E-state index is 12.8. The molecule has 11 nitrogen and oxygen atoms in total. The lowest BCUT2D eigenvalue weighted by Gasteiger charge is -2.15. The van der Waals surface area contributed by atoms with Gasteiger partial charge in [0.25, 0.3) is 11.8 Å². The molecule has 5 aromatic rings. The van der Waals surface area contributed by atoms with Gasteiger partial charge in [-0.05, 0) is 42.8 Å². The van der Waals surface area contributed by atoms with Gasteiger partial charge in [-0.1, -0.05) is 42.5 Å². The molecule has 40 heavy (non-hydrogen) atoms. The van der Waals surface area contributed by atoms with E-state index in [0.29, 0.717) is 34.7 Å². The number of aryl methyl sites for hydroxylation is 1. The molecule has 0 unspecified atom stereocenters. The van der Waals surface area contributed by atoms with Crippen molar-refractivity contribution in [1.29, 1.82) is 5.41 Å². The number of rotatable bonds is 8. The van der Waals surface area contributed by atoms with Crippen LogP contribution in [0.1, 0.15) is 27.3 Å². The van der Waals surface area contributed by atoms with Crippen molar-refractivity contribution >= 4 is 22.9 Å². The van der Waals surface area contributed by atoms with Crippen LogP contribution in [0.5, 0.6) is 29.1 Å². The van der Waals surface area contributed by atoms with Crippen molar-refractivity contribution < 1.29 is 19.4 Å². The van der Waals surface area contributed by atoms with Gasteiger partial charge in [-0.25, -0.2) is 4.98 Å². The number of phenols is 1. The Morgan fingerprint density at radius 3 is 2.42 bits per heavy atom. The maximum Gasteiger partial charge on any atom is 0.327 e. The molecule has 4 N–H and O–H groups in total. The summed E-state index contributed by atoms with van der Waals surface area (Å²) in [5, 5.41) is 18.2. The highest BCUT2D eigenvalue weighted by Crippen LogP contribution is 2.36. The minimum Gasteiger partial charge on any atom is -0.504 e. The summed E-state index contributed by atoms with van der Waals surface area (Å²) in [6.07, 6.45) is 0. The van der Waals surface area contributed by atoms with E-state index in [-0.39, 0.29) is 40.9 Å². The highest BCUT2D eigenvalue weighted by molar-refractivity contribution is 5.97. The zero-order chi connectivity index (χ0) is 28.4. The number of nitrogens with one attached hydrogen (secondary N) is 1. The molecule has 0 saturated heterocycles. The van der Waals surface area contributed by atoms with Crippen LogP contribution in [0.25, 0.3) is 11.2 Å². The van der Waals surface area contributed by atoms with Gasteiger partial charge in [0.05, 0.1) is 12.1 Å². The van der Waals surface area contributed by atoms with Gasteiger partial charge in [0.1, 0.15) is 17.4 Å². The SMILES string of the molecule is Cc1nc2c(Oc3cc(C(=N)N)ccc3O)nc(Oc3ccccc3C(=O)N(C)C)nc2n1Cc1ccccc1. The van der Waals surface area contributed by atoms with Gasteiger partial charge in [0, 0.05) is 19.7 Å². The first-order valence-electron chi connectivity index (χ1n) is 12.3. The van der Waals surface area contributed by atoms with Gasteiger partial charge >= 0.3 is 6.01 Å². The molecule has 0 aliphatic rings. The molecule has 0 fully saturated rings. The van der Waals surface area contributed by atoms with Crippen LogP contribution < -0.4 is 15.2 Å². The summed E-state index contributed by atoms with van der Waals surface area (Å²) in [5.41, 5.74) is 8.13. The molecule has 5 rings (SSSR count). The van der Waals surface area contributed by atoms with Crippen molar-refractivity contribution in [2.45, 2.75) is 13.5 Å². The van der Waals surface area contributed by atoms with Crippen LogP contribution in [0.15, 0.2) is 72.8 Å². The number of aromatic hydroxyl groups is 1. The number of imidazole rings is 1. The highest BCUT2D eigenvalue weighted by atomic mass is 16.5. The number of nitrogens with zero attached hydrogens (tertiary/aromatic N) is 5. The van der Waals surface area contributed by atoms with Crippen LogP contribution in [-0.2, 0) is 6.54 Å². The van der Waals surface area contributed by atoms with Crippen LogP contribution in [0.2, 0.25) is 0 Å². The summed E-state index contributed by atoms with van der Waals surface area (Å²) in [6.45, 7) is 2.31. The second kappa shape index (κ2) is 10.7. The topological polar surface area (TPSA) is 152 Å². The Hall–Kier alpha value is -5.45. The number of benzene rings is 3. The average Bonchev–Trinajstić information content (AvgIpc) is 3.25. The molecule has 3 aromatic carbocycles. The van der Waals surface area contributed by atoms with Gasteiger partial charge in [0.2, 0.25) is 0 Å². The van der Waals surface area contributed by atoms with E-state index in [1.165, 1.54) is 23.1 Å². The molecular weight excluding hydrogens is 510 g/mol. The van der Waals surface area contributed by atoms with Gasteiger partial charge in [-0.2, -0.15) is 9.97 Å². The summed E-state index contributed by atoms with van der Waals surface area (Å²) >= 11 is 0. The molecule has 0 bridgehead atoms. The van der Waals surface area contributed by atoms with Crippen molar-refractivity contribution in [3.8, 4) is 29.1 Å². The fraction of sp³-hybridized carbons (Fsp3) is 0.138. The molecule has 0 atom stereocenters. The largest absolute Gasteiger partial charge is 0.504 e. The Kier molecular flexibility index (Phi) is 7.02. The van der Waals surface area contributed by atoms with E-state index in [1.807, 2.05) is 41.8 Å². The molecule has 202 valence electrons. The summed E-state index contributed by atoms with van der Waals surface area (Å²) in [5.74, 6) is 0.343. The first-order valence-corrected chi connectivity index (χ1v) is 12.3. The van der Waals surface area contributed by atoms with E-state index in [9.17, 15) is 9.90 Å². The number of carbonyl (C=O) groups is 1. The zero-order valence-electron chi connectivity index (χ0n) is 22.1. The molecule has 11 heteroatoms. The summed E-state index contributed by atoms with van der Waals surface area (Å²) in [7, 11) is 3.31. The number of nitrogen functional groups attached to an aromatic ring is 1. The lowest BCUT2D eigenvalue weighted by molar-refractivity contribution is 0.0825. The number of fused-ring (bicyclic) bond motifs is 1. The number of phenolic OH excluding ortho intramolecular Hbond substituents is 1. The number of nitrogens with two attached hydrogens (primary N) is 1.